The molecule has 0 saturated heterocycles. The van der Waals surface area contributed by atoms with Crippen LogP contribution in [-0.4, -0.2) is 14.0 Å². The van der Waals surface area contributed by atoms with Crippen LogP contribution in [0.5, 0.6) is 0 Å². The molecule has 0 aliphatic carbocycles. The molecule has 0 atom stereocenters. The lowest BCUT2D eigenvalue weighted by Crippen LogP contribution is -2.46. The van der Waals surface area contributed by atoms with Crippen LogP contribution in [0, 0.1) is 18.2 Å². The summed E-state index contributed by atoms with van der Waals surface area (Å²) in [6.07, 6.45) is 6.33. The first-order chi connectivity index (χ1) is 8.39. The summed E-state index contributed by atoms with van der Waals surface area (Å²) in [4.78, 5) is -0.121. The Hall–Kier alpha value is -1.38. The summed E-state index contributed by atoms with van der Waals surface area (Å²) in [5.41, 5.74) is -0.925. The van der Waals surface area contributed by atoms with Crippen LogP contribution < -0.4 is 4.72 Å². The normalized spacial score (nSPS) is 12.1. The van der Waals surface area contributed by atoms with E-state index < -0.39 is 21.4 Å². The fraction of sp³-hybridized carbons (Fsp3) is 0.385. The molecule has 1 aromatic carbocycles. The number of terminal acetylenes is 1. The Morgan fingerprint density at radius 1 is 1.39 bits per heavy atom. The maximum absolute atomic E-state index is 13.0. The third-order valence-corrected chi connectivity index (χ3v) is 4.45. The van der Waals surface area contributed by atoms with E-state index in [4.69, 9.17) is 6.42 Å². The second kappa shape index (κ2) is 5.51. The highest BCUT2D eigenvalue weighted by molar-refractivity contribution is 7.89. The minimum atomic E-state index is -3.81. The molecule has 98 valence electrons. The number of halogens is 1. The van der Waals surface area contributed by atoms with Gasteiger partial charge in [-0.2, -0.15) is 4.72 Å². The molecule has 0 fully saturated rings. The van der Waals surface area contributed by atoms with Crippen molar-refractivity contribution in [3.05, 3.63) is 30.1 Å². The minimum absolute atomic E-state index is 0.121. The van der Waals surface area contributed by atoms with Crippen LogP contribution in [0.4, 0.5) is 4.39 Å². The molecule has 0 amide bonds. The van der Waals surface area contributed by atoms with Gasteiger partial charge in [0.15, 0.2) is 0 Å². The van der Waals surface area contributed by atoms with Gasteiger partial charge in [0.25, 0.3) is 0 Å². The van der Waals surface area contributed by atoms with Crippen LogP contribution in [-0.2, 0) is 10.0 Å². The first-order valence-electron chi connectivity index (χ1n) is 5.66. The lowest BCUT2D eigenvalue weighted by molar-refractivity contribution is 0.451. The molecule has 0 radical (unpaired) electrons. The number of sulfonamides is 1. The highest BCUT2D eigenvalue weighted by atomic mass is 32.2. The quantitative estimate of drug-likeness (QED) is 0.834. The van der Waals surface area contributed by atoms with Crippen molar-refractivity contribution in [2.75, 3.05) is 0 Å². The average molecular weight is 269 g/mol. The predicted molar refractivity (Wildman–Crippen MR) is 68.9 cm³/mol. The maximum atomic E-state index is 13.0. The van der Waals surface area contributed by atoms with E-state index in [9.17, 15) is 12.8 Å². The van der Waals surface area contributed by atoms with Gasteiger partial charge in [0, 0.05) is 0 Å². The van der Waals surface area contributed by atoms with Crippen molar-refractivity contribution < 1.29 is 12.8 Å². The predicted octanol–water partition coefficient (Wildman–Crippen LogP) is 2.30. The molecule has 1 aromatic rings. The molecule has 0 aliphatic rings. The molecular formula is C13H16FNO2S. The Kier molecular flexibility index (Phi) is 4.49. The van der Waals surface area contributed by atoms with Gasteiger partial charge in [-0.05, 0) is 31.0 Å². The van der Waals surface area contributed by atoms with Crippen molar-refractivity contribution in [2.24, 2.45) is 0 Å². The number of hydrogen-bond donors (Lipinski definition) is 1. The second-order valence-electron chi connectivity index (χ2n) is 4.00. The molecule has 0 aromatic heterocycles. The van der Waals surface area contributed by atoms with Gasteiger partial charge in [0.05, 0.1) is 10.4 Å². The Bertz CT molecular complexity index is 557. The van der Waals surface area contributed by atoms with Crippen molar-refractivity contribution in [1.82, 2.24) is 4.72 Å². The summed E-state index contributed by atoms with van der Waals surface area (Å²) in [6.45, 7) is 3.61. The van der Waals surface area contributed by atoms with E-state index in [0.717, 1.165) is 6.07 Å². The zero-order chi connectivity index (χ0) is 13.8. The molecular weight excluding hydrogens is 253 g/mol. The van der Waals surface area contributed by atoms with Crippen molar-refractivity contribution in [3.63, 3.8) is 0 Å². The molecule has 3 nitrogen and oxygen atoms in total. The Labute approximate surface area is 107 Å². The highest BCUT2D eigenvalue weighted by Crippen LogP contribution is 2.19. The molecule has 1 N–H and O–H groups in total. The van der Waals surface area contributed by atoms with Gasteiger partial charge in [-0.25, -0.2) is 12.8 Å². The fourth-order valence-corrected chi connectivity index (χ4v) is 3.08. The van der Waals surface area contributed by atoms with Gasteiger partial charge in [0.1, 0.15) is 5.82 Å². The zero-order valence-electron chi connectivity index (χ0n) is 10.4. The summed E-state index contributed by atoms with van der Waals surface area (Å²) in [6, 6.07) is 4.83. The van der Waals surface area contributed by atoms with Crippen LogP contribution in [0.1, 0.15) is 26.7 Å². The lowest BCUT2D eigenvalue weighted by atomic mass is 9.96. The summed E-state index contributed by atoms with van der Waals surface area (Å²) in [7, 11) is -3.81. The SMILES string of the molecule is C#CC(CC)(CC)NS(=O)(=O)c1cccc(F)c1. The van der Waals surface area contributed by atoms with Crippen molar-refractivity contribution >= 4 is 10.0 Å². The summed E-state index contributed by atoms with van der Waals surface area (Å²) in [5, 5.41) is 0. The molecule has 0 heterocycles. The second-order valence-corrected chi connectivity index (χ2v) is 5.68. The molecule has 0 bridgehead atoms. The lowest BCUT2D eigenvalue weighted by Gasteiger charge is -2.26. The van der Waals surface area contributed by atoms with Crippen molar-refractivity contribution in [1.29, 1.82) is 0 Å². The molecule has 1 rings (SSSR count). The van der Waals surface area contributed by atoms with Gasteiger partial charge >= 0.3 is 0 Å². The van der Waals surface area contributed by atoms with Crippen LogP contribution in [0.2, 0.25) is 0 Å². The first-order valence-corrected chi connectivity index (χ1v) is 7.15. The molecule has 18 heavy (non-hydrogen) atoms. The summed E-state index contributed by atoms with van der Waals surface area (Å²) >= 11 is 0. The molecule has 0 spiro atoms. The smallest absolute Gasteiger partial charge is 0.207 e. The molecule has 0 aliphatic heterocycles. The summed E-state index contributed by atoms with van der Waals surface area (Å²) in [5.74, 6) is 1.87. The summed E-state index contributed by atoms with van der Waals surface area (Å²) < 4.78 is 39.7. The molecule has 5 heteroatoms. The number of rotatable bonds is 5. The van der Waals surface area contributed by atoms with Crippen molar-refractivity contribution in [2.45, 2.75) is 37.1 Å². The molecule has 0 saturated carbocycles. The topological polar surface area (TPSA) is 46.2 Å². The largest absolute Gasteiger partial charge is 0.241 e. The van der Waals surface area contributed by atoms with E-state index in [1.54, 1.807) is 13.8 Å². The third kappa shape index (κ3) is 3.09. The van der Waals surface area contributed by atoms with Crippen LogP contribution in [0.25, 0.3) is 0 Å². The van der Waals surface area contributed by atoms with Crippen LogP contribution in [0.15, 0.2) is 29.2 Å². The van der Waals surface area contributed by atoms with Crippen molar-refractivity contribution in [3.8, 4) is 12.3 Å². The fourth-order valence-electron chi connectivity index (χ4n) is 1.58. The van der Waals surface area contributed by atoms with E-state index in [1.807, 2.05) is 0 Å². The van der Waals surface area contributed by atoms with Gasteiger partial charge < -0.3 is 0 Å². The minimum Gasteiger partial charge on any atom is -0.207 e. The highest BCUT2D eigenvalue weighted by Gasteiger charge is 2.30. The van der Waals surface area contributed by atoms with E-state index in [2.05, 4.69) is 10.6 Å². The Balaban J connectivity index is 3.13. The van der Waals surface area contributed by atoms with Gasteiger partial charge in [-0.3, -0.25) is 0 Å². The number of benzene rings is 1. The Morgan fingerprint density at radius 2 is 2.00 bits per heavy atom. The van der Waals surface area contributed by atoms with Gasteiger partial charge in [-0.15, -0.1) is 6.42 Å². The van der Waals surface area contributed by atoms with E-state index in [-0.39, 0.29) is 4.90 Å². The van der Waals surface area contributed by atoms with Crippen LogP contribution >= 0.6 is 0 Å². The number of nitrogens with one attached hydrogen (secondary N) is 1. The average Bonchev–Trinajstić information content (AvgIpc) is 2.36. The maximum Gasteiger partial charge on any atom is 0.241 e. The number of hydrogen-bond acceptors (Lipinski definition) is 2. The first kappa shape index (κ1) is 14.7. The standard InChI is InChI=1S/C13H16FNO2S/c1-4-13(5-2,6-3)15-18(16,17)12-9-7-8-11(14)10-12/h1,7-10,15H,5-6H2,2-3H3. The van der Waals surface area contributed by atoms with E-state index in [0.29, 0.717) is 12.8 Å². The Morgan fingerprint density at radius 3 is 2.44 bits per heavy atom. The van der Waals surface area contributed by atoms with Gasteiger partial charge in [-0.1, -0.05) is 25.8 Å². The monoisotopic (exact) mass is 269 g/mol. The van der Waals surface area contributed by atoms with E-state index >= 15 is 0 Å². The van der Waals surface area contributed by atoms with Gasteiger partial charge in [0.2, 0.25) is 10.0 Å². The molecule has 0 unspecified atom stereocenters. The van der Waals surface area contributed by atoms with E-state index in [1.165, 1.54) is 18.2 Å². The third-order valence-electron chi connectivity index (χ3n) is 2.92. The van der Waals surface area contributed by atoms with Crippen LogP contribution in [0.3, 0.4) is 0 Å². The zero-order valence-corrected chi connectivity index (χ0v) is 11.2.